The van der Waals surface area contributed by atoms with Crippen LogP contribution >= 0.6 is 0 Å². The molecule has 0 N–H and O–H groups in total. The van der Waals surface area contributed by atoms with Gasteiger partial charge in [0.15, 0.2) is 0 Å². The van der Waals surface area contributed by atoms with Crippen molar-refractivity contribution in [3.05, 3.63) is 30.6 Å². The van der Waals surface area contributed by atoms with Crippen LogP contribution in [-0.4, -0.2) is 46.9 Å². The van der Waals surface area contributed by atoms with Crippen LogP contribution in [0.3, 0.4) is 0 Å². The van der Waals surface area contributed by atoms with Crippen molar-refractivity contribution in [2.45, 2.75) is 12.8 Å². The van der Waals surface area contributed by atoms with Crippen LogP contribution in [0.25, 0.3) is 0 Å². The molecule has 1 amide bonds. The summed E-state index contributed by atoms with van der Waals surface area (Å²) in [5.74, 6) is 0.626. The Bertz CT molecular complexity index is 434. The van der Waals surface area contributed by atoms with E-state index in [1.54, 1.807) is 30.1 Å². The average Bonchev–Trinajstić information content (AvgIpc) is 2.85. The molecule has 0 spiro atoms. The summed E-state index contributed by atoms with van der Waals surface area (Å²) in [6.07, 6.45) is 5.42. The number of aromatic nitrogens is 2. The van der Waals surface area contributed by atoms with Gasteiger partial charge in [-0.3, -0.25) is 9.48 Å². The minimum absolute atomic E-state index is 0.0745. The van der Waals surface area contributed by atoms with Gasteiger partial charge in [-0.1, -0.05) is 6.08 Å². The molecule has 2 rings (SSSR count). The van der Waals surface area contributed by atoms with Crippen LogP contribution in [0.2, 0.25) is 0 Å². The topological polar surface area (TPSA) is 47.4 Å². The van der Waals surface area contributed by atoms with Crippen molar-refractivity contribution >= 4 is 5.91 Å². The Balaban J connectivity index is 1.81. The van der Waals surface area contributed by atoms with Crippen LogP contribution in [0.5, 0.6) is 0 Å². The van der Waals surface area contributed by atoms with E-state index >= 15 is 0 Å². The summed E-state index contributed by atoms with van der Waals surface area (Å²) >= 11 is 0. The number of carbonyl (C=O) groups excluding carboxylic acids is 1. The third-order valence-electron chi connectivity index (χ3n) is 3.53. The molecule has 0 aliphatic carbocycles. The fourth-order valence-electron chi connectivity index (χ4n) is 2.37. The number of amides is 1. The molecular formula is C14H21N3O2. The van der Waals surface area contributed by atoms with Gasteiger partial charge in [-0.25, -0.2) is 0 Å². The van der Waals surface area contributed by atoms with Gasteiger partial charge in [-0.2, -0.15) is 5.10 Å². The molecule has 1 fully saturated rings. The van der Waals surface area contributed by atoms with Crippen LogP contribution in [0.4, 0.5) is 0 Å². The normalized spacial score (nSPS) is 16.6. The molecule has 0 aromatic carbocycles. The van der Waals surface area contributed by atoms with Crippen molar-refractivity contribution < 1.29 is 9.53 Å². The second-order valence-electron chi connectivity index (χ2n) is 4.90. The number of hydrogen-bond donors (Lipinski definition) is 0. The Hall–Kier alpha value is -1.62. The van der Waals surface area contributed by atoms with Crippen LogP contribution in [0, 0.1) is 5.92 Å². The lowest BCUT2D eigenvalue weighted by molar-refractivity contribution is 0.0567. The predicted molar refractivity (Wildman–Crippen MR) is 72.9 cm³/mol. The Morgan fingerprint density at radius 1 is 1.58 bits per heavy atom. The number of piperidine rings is 1. The summed E-state index contributed by atoms with van der Waals surface area (Å²) in [6.45, 7) is 6.59. The molecule has 1 aliphatic heterocycles. The van der Waals surface area contributed by atoms with E-state index in [9.17, 15) is 4.79 Å². The first-order valence-corrected chi connectivity index (χ1v) is 6.68. The molecule has 1 saturated heterocycles. The highest BCUT2D eigenvalue weighted by Crippen LogP contribution is 2.19. The van der Waals surface area contributed by atoms with Crippen LogP contribution < -0.4 is 0 Å². The van der Waals surface area contributed by atoms with Crippen molar-refractivity contribution in [1.29, 1.82) is 0 Å². The van der Waals surface area contributed by atoms with E-state index < -0.39 is 0 Å². The maximum absolute atomic E-state index is 12.3. The zero-order chi connectivity index (χ0) is 13.7. The number of carbonyl (C=O) groups is 1. The smallest absolute Gasteiger partial charge is 0.272 e. The Morgan fingerprint density at radius 3 is 2.89 bits per heavy atom. The molecule has 19 heavy (non-hydrogen) atoms. The predicted octanol–water partition coefficient (Wildman–Crippen LogP) is 1.47. The van der Waals surface area contributed by atoms with Gasteiger partial charge in [0.25, 0.3) is 5.91 Å². The lowest BCUT2D eigenvalue weighted by Crippen LogP contribution is -2.40. The van der Waals surface area contributed by atoms with E-state index in [1.165, 1.54) is 0 Å². The van der Waals surface area contributed by atoms with Crippen molar-refractivity contribution in [2.75, 3.05) is 26.3 Å². The highest BCUT2D eigenvalue weighted by atomic mass is 16.5. The SMILES string of the molecule is C=CCOCC1CCN(C(=O)c2ccnn2C)CC1. The second kappa shape index (κ2) is 6.52. The molecule has 0 saturated carbocycles. The standard InChI is InChI=1S/C14H21N3O2/c1-3-10-19-11-12-5-8-17(9-6-12)14(18)13-4-7-15-16(13)2/h3-4,7,12H,1,5-6,8-11H2,2H3. The largest absolute Gasteiger partial charge is 0.377 e. The quantitative estimate of drug-likeness (QED) is 0.597. The number of ether oxygens (including phenoxy) is 1. The molecule has 0 atom stereocenters. The second-order valence-corrected chi connectivity index (χ2v) is 4.90. The molecule has 104 valence electrons. The lowest BCUT2D eigenvalue weighted by atomic mass is 9.97. The summed E-state index contributed by atoms with van der Waals surface area (Å²) < 4.78 is 7.10. The van der Waals surface area contributed by atoms with Gasteiger partial charge in [-0.05, 0) is 24.8 Å². The first-order valence-electron chi connectivity index (χ1n) is 6.68. The lowest BCUT2D eigenvalue weighted by Gasteiger charge is -2.31. The van der Waals surface area contributed by atoms with E-state index in [0.717, 1.165) is 32.5 Å². The molecule has 5 heteroatoms. The van der Waals surface area contributed by atoms with Gasteiger partial charge < -0.3 is 9.64 Å². The Morgan fingerprint density at radius 2 is 2.32 bits per heavy atom. The molecule has 0 bridgehead atoms. The summed E-state index contributed by atoms with van der Waals surface area (Å²) in [5.41, 5.74) is 0.654. The van der Waals surface area contributed by atoms with Crippen LogP contribution in [0.1, 0.15) is 23.3 Å². The zero-order valence-electron chi connectivity index (χ0n) is 11.4. The Labute approximate surface area is 113 Å². The zero-order valence-corrected chi connectivity index (χ0v) is 11.4. The molecule has 0 radical (unpaired) electrons. The molecule has 2 heterocycles. The third kappa shape index (κ3) is 3.44. The number of rotatable bonds is 5. The minimum Gasteiger partial charge on any atom is -0.377 e. The van der Waals surface area contributed by atoms with E-state index in [2.05, 4.69) is 11.7 Å². The number of hydrogen-bond acceptors (Lipinski definition) is 3. The molecule has 1 aliphatic rings. The maximum Gasteiger partial charge on any atom is 0.272 e. The van der Waals surface area contributed by atoms with Crippen molar-refractivity contribution in [2.24, 2.45) is 13.0 Å². The number of nitrogens with zero attached hydrogens (tertiary/aromatic N) is 3. The molecule has 5 nitrogen and oxygen atoms in total. The van der Waals surface area contributed by atoms with Crippen LogP contribution in [0.15, 0.2) is 24.9 Å². The van der Waals surface area contributed by atoms with E-state index in [4.69, 9.17) is 4.74 Å². The fourth-order valence-corrected chi connectivity index (χ4v) is 2.37. The van der Waals surface area contributed by atoms with Crippen molar-refractivity contribution in [3.8, 4) is 0 Å². The molecule has 1 aromatic heterocycles. The summed E-state index contributed by atoms with van der Waals surface area (Å²) in [7, 11) is 1.79. The number of likely N-dealkylation sites (tertiary alicyclic amines) is 1. The molecular weight excluding hydrogens is 242 g/mol. The summed E-state index contributed by atoms with van der Waals surface area (Å²) in [6, 6.07) is 1.77. The minimum atomic E-state index is 0.0745. The maximum atomic E-state index is 12.3. The highest BCUT2D eigenvalue weighted by molar-refractivity contribution is 5.92. The van der Waals surface area contributed by atoms with Gasteiger partial charge in [-0.15, -0.1) is 6.58 Å². The van der Waals surface area contributed by atoms with Gasteiger partial charge >= 0.3 is 0 Å². The third-order valence-corrected chi connectivity index (χ3v) is 3.53. The summed E-state index contributed by atoms with van der Waals surface area (Å²) in [5, 5.41) is 4.04. The van der Waals surface area contributed by atoms with Gasteiger partial charge in [0.1, 0.15) is 5.69 Å². The number of aryl methyl sites for hydroxylation is 1. The van der Waals surface area contributed by atoms with E-state index in [0.29, 0.717) is 18.2 Å². The monoisotopic (exact) mass is 263 g/mol. The highest BCUT2D eigenvalue weighted by Gasteiger charge is 2.24. The van der Waals surface area contributed by atoms with Crippen LogP contribution in [-0.2, 0) is 11.8 Å². The van der Waals surface area contributed by atoms with E-state index in [1.807, 2.05) is 4.90 Å². The van der Waals surface area contributed by atoms with Crippen molar-refractivity contribution in [1.82, 2.24) is 14.7 Å². The van der Waals surface area contributed by atoms with E-state index in [-0.39, 0.29) is 5.91 Å². The Kier molecular flexibility index (Phi) is 4.74. The first-order chi connectivity index (χ1) is 9.22. The average molecular weight is 263 g/mol. The van der Waals surface area contributed by atoms with Gasteiger partial charge in [0.2, 0.25) is 0 Å². The van der Waals surface area contributed by atoms with Crippen molar-refractivity contribution in [3.63, 3.8) is 0 Å². The van der Waals surface area contributed by atoms with Gasteiger partial charge in [0.05, 0.1) is 6.61 Å². The summed E-state index contributed by atoms with van der Waals surface area (Å²) in [4.78, 5) is 14.2. The van der Waals surface area contributed by atoms with Gasteiger partial charge in [0, 0.05) is 32.9 Å². The first kappa shape index (κ1) is 13.8. The molecule has 1 aromatic rings. The molecule has 0 unspecified atom stereocenters. The fraction of sp³-hybridized carbons (Fsp3) is 0.571.